The Morgan fingerprint density at radius 3 is 2.88 bits per heavy atom. The third kappa shape index (κ3) is 3.04. The second-order valence-electron chi connectivity index (χ2n) is 3.38. The van der Waals surface area contributed by atoms with E-state index in [1.54, 1.807) is 24.6 Å². The van der Waals surface area contributed by atoms with Crippen LogP contribution in [0.1, 0.15) is 10.7 Å². The highest BCUT2D eigenvalue weighted by atomic mass is 35.5. The van der Waals surface area contributed by atoms with Gasteiger partial charge in [-0.2, -0.15) is 4.98 Å². The van der Waals surface area contributed by atoms with Gasteiger partial charge in [-0.25, -0.2) is 9.97 Å². The van der Waals surface area contributed by atoms with Gasteiger partial charge in [-0.15, -0.1) is 11.3 Å². The molecule has 7 heteroatoms. The highest BCUT2D eigenvalue weighted by molar-refractivity contribution is 7.09. The Bertz CT molecular complexity index is 513. The molecule has 2 aromatic rings. The van der Waals surface area contributed by atoms with Gasteiger partial charge in [0.05, 0.1) is 12.7 Å². The van der Waals surface area contributed by atoms with Crippen LogP contribution in [0.4, 0.5) is 11.8 Å². The van der Waals surface area contributed by atoms with E-state index in [1.807, 2.05) is 12.3 Å². The van der Waals surface area contributed by atoms with Crippen LogP contribution in [0.5, 0.6) is 0 Å². The van der Waals surface area contributed by atoms with Gasteiger partial charge < -0.3 is 10.6 Å². The van der Waals surface area contributed by atoms with Gasteiger partial charge in [0.1, 0.15) is 10.0 Å². The molecule has 0 aliphatic carbocycles. The third-order valence-electron chi connectivity index (χ3n) is 2.04. The molecule has 0 spiro atoms. The molecular weight excluding hydrogens is 258 g/mol. The Labute approximate surface area is 108 Å². The van der Waals surface area contributed by atoms with Crippen molar-refractivity contribution in [3.8, 4) is 0 Å². The largest absolute Gasteiger partial charge is 0.362 e. The highest BCUT2D eigenvalue weighted by Gasteiger charge is 2.05. The number of nitrogens with one attached hydrogen (secondary N) is 2. The molecule has 0 saturated carbocycles. The first-order valence-electron chi connectivity index (χ1n) is 5.04. The smallest absolute Gasteiger partial charge is 0.224 e. The van der Waals surface area contributed by atoms with Crippen molar-refractivity contribution >= 4 is 34.7 Å². The van der Waals surface area contributed by atoms with Gasteiger partial charge in [0, 0.05) is 18.1 Å². The first-order chi connectivity index (χ1) is 8.19. The molecule has 0 bridgehead atoms. The maximum atomic E-state index is 5.99. The number of aromatic nitrogens is 3. The molecular formula is C10H12ClN5S. The fraction of sp³-hybridized carbons (Fsp3) is 0.300. The molecule has 0 saturated heterocycles. The zero-order valence-corrected chi connectivity index (χ0v) is 11.1. The van der Waals surface area contributed by atoms with Crippen molar-refractivity contribution in [3.05, 3.63) is 27.3 Å². The standard InChI is InChI=1S/C10H12ClN5S/c1-6-5-17-8(15-6)4-13-9-7(11)3-14-10(12-2)16-9/h3,5H,4H2,1-2H3,(H2,12,13,14,16). The van der Waals surface area contributed by atoms with Gasteiger partial charge in [0.25, 0.3) is 0 Å². The van der Waals surface area contributed by atoms with Crippen LogP contribution in [0.25, 0.3) is 0 Å². The van der Waals surface area contributed by atoms with Crippen LogP contribution in [0.3, 0.4) is 0 Å². The minimum Gasteiger partial charge on any atom is -0.362 e. The number of nitrogens with zero attached hydrogens (tertiary/aromatic N) is 3. The van der Waals surface area contributed by atoms with E-state index in [9.17, 15) is 0 Å². The van der Waals surface area contributed by atoms with E-state index in [2.05, 4.69) is 25.6 Å². The molecule has 90 valence electrons. The van der Waals surface area contributed by atoms with E-state index >= 15 is 0 Å². The molecule has 2 N–H and O–H groups in total. The summed E-state index contributed by atoms with van der Waals surface area (Å²) in [5.74, 6) is 1.14. The lowest BCUT2D eigenvalue weighted by Gasteiger charge is -2.06. The van der Waals surface area contributed by atoms with Gasteiger partial charge in [-0.05, 0) is 6.92 Å². The second kappa shape index (κ2) is 5.29. The lowest BCUT2D eigenvalue weighted by Crippen LogP contribution is -2.05. The molecule has 2 aromatic heterocycles. The molecule has 2 heterocycles. The minimum absolute atomic E-state index is 0.497. The normalized spacial score (nSPS) is 10.3. The van der Waals surface area contributed by atoms with Crippen LogP contribution < -0.4 is 10.6 Å². The van der Waals surface area contributed by atoms with E-state index in [0.717, 1.165) is 10.7 Å². The Morgan fingerprint density at radius 1 is 1.41 bits per heavy atom. The number of hydrogen-bond acceptors (Lipinski definition) is 6. The molecule has 0 unspecified atom stereocenters. The summed E-state index contributed by atoms with van der Waals surface area (Å²) in [7, 11) is 1.76. The Morgan fingerprint density at radius 2 is 2.24 bits per heavy atom. The van der Waals surface area contributed by atoms with Crippen molar-refractivity contribution in [2.45, 2.75) is 13.5 Å². The molecule has 0 aliphatic heterocycles. The molecule has 17 heavy (non-hydrogen) atoms. The molecule has 2 rings (SSSR count). The topological polar surface area (TPSA) is 62.7 Å². The quantitative estimate of drug-likeness (QED) is 0.893. The lowest BCUT2D eigenvalue weighted by atomic mass is 10.5. The number of thiazole rings is 1. The minimum atomic E-state index is 0.497. The number of hydrogen-bond donors (Lipinski definition) is 2. The Hall–Kier alpha value is -1.40. The van der Waals surface area contributed by atoms with E-state index < -0.39 is 0 Å². The van der Waals surface area contributed by atoms with Crippen LogP contribution in [0.2, 0.25) is 5.02 Å². The summed E-state index contributed by atoms with van der Waals surface area (Å²) < 4.78 is 0. The average molecular weight is 270 g/mol. The van der Waals surface area contributed by atoms with Gasteiger partial charge in [0.15, 0.2) is 5.82 Å². The van der Waals surface area contributed by atoms with E-state index in [-0.39, 0.29) is 0 Å². The number of aryl methyl sites for hydroxylation is 1. The van der Waals surface area contributed by atoms with Crippen molar-refractivity contribution in [3.63, 3.8) is 0 Å². The molecule has 0 amide bonds. The maximum absolute atomic E-state index is 5.99. The lowest BCUT2D eigenvalue weighted by molar-refractivity contribution is 1.04. The Balaban J connectivity index is 2.07. The van der Waals surface area contributed by atoms with Crippen LogP contribution in [0.15, 0.2) is 11.6 Å². The van der Waals surface area contributed by atoms with Crippen LogP contribution in [-0.2, 0) is 6.54 Å². The summed E-state index contributed by atoms with van der Waals surface area (Å²) in [6.07, 6.45) is 1.57. The van der Waals surface area contributed by atoms with Gasteiger partial charge in [-0.1, -0.05) is 11.6 Å². The molecule has 0 aromatic carbocycles. The Kier molecular flexibility index (Phi) is 3.75. The summed E-state index contributed by atoms with van der Waals surface area (Å²) in [6, 6.07) is 0. The summed E-state index contributed by atoms with van der Waals surface area (Å²) in [4.78, 5) is 12.6. The fourth-order valence-corrected chi connectivity index (χ4v) is 2.12. The SMILES string of the molecule is CNc1ncc(Cl)c(NCc2nc(C)cs2)n1. The van der Waals surface area contributed by atoms with Crippen LogP contribution in [-0.4, -0.2) is 22.0 Å². The fourth-order valence-electron chi connectivity index (χ4n) is 1.25. The zero-order chi connectivity index (χ0) is 12.3. The van der Waals surface area contributed by atoms with Crippen molar-refractivity contribution < 1.29 is 0 Å². The average Bonchev–Trinajstić information content (AvgIpc) is 2.74. The van der Waals surface area contributed by atoms with Crippen molar-refractivity contribution in [1.29, 1.82) is 0 Å². The number of halogens is 1. The van der Waals surface area contributed by atoms with Crippen LogP contribution >= 0.6 is 22.9 Å². The third-order valence-corrected chi connectivity index (χ3v) is 3.28. The molecule has 0 fully saturated rings. The van der Waals surface area contributed by atoms with Gasteiger partial charge in [-0.3, -0.25) is 0 Å². The maximum Gasteiger partial charge on any atom is 0.224 e. The van der Waals surface area contributed by atoms with E-state index in [0.29, 0.717) is 23.3 Å². The second-order valence-corrected chi connectivity index (χ2v) is 4.73. The van der Waals surface area contributed by atoms with Crippen molar-refractivity contribution in [1.82, 2.24) is 15.0 Å². The summed E-state index contributed by atoms with van der Waals surface area (Å²) in [5, 5.41) is 9.52. The van der Waals surface area contributed by atoms with E-state index in [1.165, 1.54) is 0 Å². The van der Waals surface area contributed by atoms with Crippen molar-refractivity contribution in [2.75, 3.05) is 17.7 Å². The molecule has 5 nitrogen and oxygen atoms in total. The molecule has 0 atom stereocenters. The molecule has 0 aliphatic rings. The number of rotatable bonds is 4. The van der Waals surface area contributed by atoms with Crippen LogP contribution in [0, 0.1) is 6.92 Å². The molecule has 0 radical (unpaired) electrons. The van der Waals surface area contributed by atoms with Gasteiger partial charge in [0.2, 0.25) is 5.95 Å². The predicted molar refractivity (Wildman–Crippen MR) is 70.8 cm³/mol. The first-order valence-corrected chi connectivity index (χ1v) is 6.30. The van der Waals surface area contributed by atoms with Gasteiger partial charge >= 0.3 is 0 Å². The highest BCUT2D eigenvalue weighted by Crippen LogP contribution is 2.20. The zero-order valence-electron chi connectivity index (χ0n) is 9.49. The van der Waals surface area contributed by atoms with E-state index in [4.69, 9.17) is 11.6 Å². The summed E-state index contributed by atoms with van der Waals surface area (Å²) >= 11 is 7.60. The summed E-state index contributed by atoms with van der Waals surface area (Å²) in [5.41, 5.74) is 1.02. The predicted octanol–water partition coefficient (Wildman–Crippen LogP) is 2.55. The number of anilines is 2. The monoisotopic (exact) mass is 269 g/mol. The first kappa shape index (κ1) is 12.1. The van der Waals surface area contributed by atoms with Crippen molar-refractivity contribution in [2.24, 2.45) is 0 Å². The summed E-state index contributed by atoms with van der Waals surface area (Å²) in [6.45, 7) is 2.58.